The molecular formula is C23H21F3N4O2. The van der Waals surface area contributed by atoms with Gasteiger partial charge in [-0.1, -0.05) is 48.5 Å². The zero-order valence-electron chi connectivity index (χ0n) is 17.0. The van der Waals surface area contributed by atoms with Gasteiger partial charge in [0.1, 0.15) is 5.82 Å². The summed E-state index contributed by atoms with van der Waals surface area (Å²) in [5.74, 6) is 0.567. The second-order valence-electron chi connectivity index (χ2n) is 6.99. The lowest BCUT2D eigenvalue weighted by atomic mass is 10.0. The van der Waals surface area contributed by atoms with Gasteiger partial charge >= 0.3 is 6.18 Å². The summed E-state index contributed by atoms with van der Waals surface area (Å²) in [5.41, 5.74) is 1.30. The zero-order chi connectivity index (χ0) is 22.6. The summed E-state index contributed by atoms with van der Waals surface area (Å²) in [7, 11) is 0. The van der Waals surface area contributed by atoms with Gasteiger partial charge in [0.05, 0.1) is 37.3 Å². The number of hydrogen-bond donors (Lipinski definition) is 2. The van der Waals surface area contributed by atoms with E-state index in [0.717, 1.165) is 11.6 Å². The summed E-state index contributed by atoms with van der Waals surface area (Å²) in [5, 5.41) is 16.3. The van der Waals surface area contributed by atoms with Gasteiger partial charge in [-0.15, -0.1) is 0 Å². The van der Waals surface area contributed by atoms with Crippen LogP contribution in [0.25, 0.3) is 28.0 Å². The molecule has 0 spiro atoms. The number of ether oxygens (including phenoxy) is 1. The van der Waals surface area contributed by atoms with Gasteiger partial charge in [-0.3, -0.25) is 0 Å². The number of anilines is 1. The molecule has 2 aromatic carbocycles. The zero-order valence-corrected chi connectivity index (χ0v) is 17.0. The molecule has 0 unspecified atom stereocenters. The van der Waals surface area contributed by atoms with E-state index in [1.807, 2.05) is 30.3 Å². The van der Waals surface area contributed by atoms with E-state index in [2.05, 4.69) is 15.4 Å². The summed E-state index contributed by atoms with van der Waals surface area (Å²) in [4.78, 5) is 4.65. The Bertz CT molecular complexity index is 1190. The minimum atomic E-state index is -4.51. The molecule has 0 fully saturated rings. The molecule has 0 saturated carbocycles. The fourth-order valence-electron chi connectivity index (χ4n) is 3.42. The van der Waals surface area contributed by atoms with Crippen molar-refractivity contribution in [2.75, 3.05) is 31.7 Å². The Balaban J connectivity index is 1.82. The Hall–Kier alpha value is -3.43. The van der Waals surface area contributed by atoms with Gasteiger partial charge in [-0.25, -0.2) is 4.98 Å². The van der Waals surface area contributed by atoms with Crippen molar-refractivity contribution in [3.05, 3.63) is 72.4 Å². The number of halogens is 3. The van der Waals surface area contributed by atoms with Crippen LogP contribution in [0.15, 0.2) is 66.9 Å². The number of alkyl halides is 3. The molecule has 0 aliphatic heterocycles. The lowest BCUT2D eigenvalue weighted by Crippen LogP contribution is -2.14. The van der Waals surface area contributed by atoms with E-state index in [1.54, 1.807) is 12.1 Å². The minimum Gasteiger partial charge on any atom is -0.394 e. The summed E-state index contributed by atoms with van der Waals surface area (Å²) in [6, 6.07) is 16.6. The summed E-state index contributed by atoms with van der Waals surface area (Å²) >= 11 is 0. The number of hydrogen-bond acceptors (Lipinski definition) is 5. The highest BCUT2D eigenvalue weighted by molar-refractivity contribution is 5.82. The van der Waals surface area contributed by atoms with E-state index in [9.17, 15) is 13.2 Å². The topological polar surface area (TPSA) is 71.7 Å². The van der Waals surface area contributed by atoms with Crippen molar-refractivity contribution in [3.8, 4) is 22.4 Å². The first kappa shape index (κ1) is 21.8. The van der Waals surface area contributed by atoms with Gasteiger partial charge in [-0.05, 0) is 11.6 Å². The molecule has 0 aliphatic rings. The van der Waals surface area contributed by atoms with Gasteiger partial charge in [0.15, 0.2) is 5.65 Å². The summed E-state index contributed by atoms with van der Waals surface area (Å²) < 4.78 is 47.7. The van der Waals surface area contributed by atoms with Crippen molar-refractivity contribution in [1.29, 1.82) is 0 Å². The molecule has 0 atom stereocenters. The van der Waals surface area contributed by atoms with Crippen molar-refractivity contribution < 1.29 is 23.0 Å². The van der Waals surface area contributed by atoms with E-state index in [4.69, 9.17) is 9.84 Å². The number of aromatic nitrogens is 3. The maximum atomic E-state index is 13.6. The number of nitrogens with zero attached hydrogens (tertiary/aromatic N) is 3. The fraction of sp³-hybridized carbons (Fsp3) is 0.217. The number of rotatable bonds is 8. The van der Waals surface area contributed by atoms with Crippen LogP contribution in [-0.2, 0) is 10.9 Å². The van der Waals surface area contributed by atoms with Gasteiger partial charge in [-0.2, -0.15) is 22.8 Å². The number of fused-ring (bicyclic) bond motifs is 1. The van der Waals surface area contributed by atoms with Crippen LogP contribution in [0, 0.1) is 0 Å². The predicted molar refractivity (Wildman–Crippen MR) is 115 cm³/mol. The van der Waals surface area contributed by atoms with Crippen LogP contribution in [0.5, 0.6) is 0 Å². The predicted octanol–water partition coefficient (Wildman–Crippen LogP) is 4.50. The van der Waals surface area contributed by atoms with Crippen molar-refractivity contribution in [1.82, 2.24) is 14.6 Å². The molecule has 32 heavy (non-hydrogen) atoms. The van der Waals surface area contributed by atoms with Crippen LogP contribution >= 0.6 is 0 Å². The third-order valence-electron chi connectivity index (χ3n) is 4.85. The van der Waals surface area contributed by atoms with Crippen LogP contribution in [0.2, 0.25) is 0 Å². The normalized spacial score (nSPS) is 11.8. The molecule has 2 aromatic heterocycles. The molecule has 4 aromatic rings. The highest BCUT2D eigenvalue weighted by Crippen LogP contribution is 2.38. The highest BCUT2D eigenvalue weighted by atomic mass is 19.4. The maximum Gasteiger partial charge on any atom is 0.417 e. The van der Waals surface area contributed by atoms with Crippen molar-refractivity contribution in [3.63, 3.8) is 0 Å². The van der Waals surface area contributed by atoms with E-state index in [0.29, 0.717) is 30.3 Å². The van der Waals surface area contributed by atoms with Gasteiger partial charge in [0.2, 0.25) is 0 Å². The molecule has 0 bridgehead atoms. The fourth-order valence-corrected chi connectivity index (χ4v) is 3.42. The molecule has 4 rings (SSSR count). The lowest BCUT2D eigenvalue weighted by Gasteiger charge is -2.13. The third-order valence-corrected chi connectivity index (χ3v) is 4.85. The standard InChI is InChI=1S/C23H21F3N4O2/c24-23(25,26)19-9-5-4-8-17(19)18-15-28-30-21(27-10-12-32-13-11-31)14-20(29-22(18)30)16-6-2-1-3-7-16/h1-9,14-15,27,31H,10-13H2. The Kier molecular flexibility index (Phi) is 6.38. The number of nitrogens with one attached hydrogen (secondary N) is 1. The lowest BCUT2D eigenvalue weighted by molar-refractivity contribution is -0.137. The monoisotopic (exact) mass is 442 g/mol. The molecule has 0 saturated heterocycles. The van der Waals surface area contributed by atoms with Crippen LogP contribution in [-0.4, -0.2) is 46.1 Å². The molecule has 6 nitrogen and oxygen atoms in total. The van der Waals surface area contributed by atoms with Crippen molar-refractivity contribution in [2.24, 2.45) is 0 Å². The van der Waals surface area contributed by atoms with Crippen LogP contribution in [0.4, 0.5) is 19.0 Å². The van der Waals surface area contributed by atoms with Crippen molar-refractivity contribution in [2.45, 2.75) is 6.18 Å². The molecule has 0 aliphatic carbocycles. The summed E-state index contributed by atoms with van der Waals surface area (Å²) in [6.45, 7) is 0.916. The first-order valence-corrected chi connectivity index (χ1v) is 10.0. The quantitative estimate of drug-likeness (QED) is 0.393. The second-order valence-corrected chi connectivity index (χ2v) is 6.99. The Morgan fingerprint density at radius 2 is 1.72 bits per heavy atom. The number of aliphatic hydroxyl groups is 1. The molecule has 9 heteroatoms. The molecule has 2 N–H and O–H groups in total. The smallest absolute Gasteiger partial charge is 0.394 e. The average Bonchev–Trinajstić information content (AvgIpc) is 3.23. The Morgan fingerprint density at radius 3 is 2.47 bits per heavy atom. The number of aliphatic hydroxyl groups excluding tert-OH is 1. The van der Waals surface area contributed by atoms with Crippen molar-refractivity contribution >= 4 is 11.5 Å². The third kappa shape index (κ3) is 4.58. The van der Waals surface area contributed by atoms with Gasteiger partial charge in [0.25, 0.3) is 0 Å². The maximum absolute atomic E-state index is 13.6. The van der Waals surface area contributed by atoms with Crippen LogP contribution in [0.1, 0.15) is 5.56 Å². The van der Waals surface area contributed by atoms with E-state index < -0.39 is 11.7 Å². The SMILES string of the molecule is OCCOCCNc1cc(-c2ccccc2)nc2c(-c3ccccc3C(F)(F)F)cnn12. The Morgan fingerprint density at radius 1 is 0.969 bits per heavy atom. The highest BCUT2D eigenvalue weighted by Gasteiger charge is 2.34. The Labute approximate surface area is 182 Å². The minimum absolute atomic E-state index is 0.0185. The average molecular weight is 442 g/mol. The molecular weight excluding hydrogens is 421 g/mol. The largest absolute Gasteiger partial charge is 0.417 e. The molecule has 166 valence electrons. The molecule has 2 heterocycles. The van der Waals surface area contributed by atoms with Gasteiger partial charge in [0, 0.05) is 23.7 Å². The first-order chi connectivity index (χ1) is 15.5. The van der Waals surface area contributed by atoms with Crippen LogP contribution < -0.4 is 5.32 Å². The van der Waals surface area contributed by atoms with E-state index in [1.165, 1.54) is 22.8 Å². The summed E-state index contributed by atoms with van der Waals surface area (Å²) in [6.07, 6.45) is -3.11. The second kappa shape index (κ2) is 9.37. The first-order valence-electron chi connectivity index (χ1n) is 10.0. The number of benzene rings is 2. The molecule has 0 radical (unpaired) electrons. The van der Waals surface area contributed by atoms with Gasteiger partial charge < -0.3 is 15.2 Å². The molecule has 0 amide bonds. The van der Waals surface area contributed by atoms with E-state index in [-0.39, 0.29) is 24.3 Å². The van der Waals surface area contributed by atoms with E-state index >= 15 is 0 Å². The van der Waals surface area contributed by atoms with Crippen LogP contribution in [0.3, 0.4) is 0 Å².